The number of rotatable bonds is 3. The number of carbonyl (C=O) groups is 1. The van der Waals surface area contributed by atoms with Crippen molar-refractivity contribution in [1.29, 1.82) is 0 Å². The molecule has 0 bridgehead atoms. The SMILES string of the molecule is Cn1ccc(NC(=O)c2cc3nc(C4CC4)cc(C(F)(F)F)n3n2)n1. The zero-order valence-electron chi connectivity index (χ0n) is 13.1. The summed E-state index contributed by atoms with van der Waals surface area (Å²) in [5, 5.41) is 10.3. The van der Waals surface area contributed by atoms with Crippen LogP contribution in [0.3, 0.4) is 0 Å². The van der Waals surface area contributed by atoms with E-state index in [-0.39, 0.29) is 23.1 Å². The van der Waals surface area contributed by atoms with E-state index in [1.807, 2.05) is 0 Å². The molecule has 0 radical (unpaired) electrons. The van der Waals surface area contributed by atoms with Gasteiger partial charge in [0.2, 0.25) is 0 Å². The first kappa shape index (κ1) is 15.6. The second-order valence-corrected chi connectivity index (χ2v) is 5.97. The fourth-order valence-electron chi connectivity index (χ4n) is 2.56. The second kappa shape index (κ2) is 5.30. The highest BCUT2D eigenvalue weighted by molar-refractivity contribution is 6.02. The minimum absolute atomic E-state index is 0.00268. The number of nitrogens with zero attached hydrogens (tertiary/aromatic N) is 5. The number of carbonyl (C=O) groups excluding carboxylic acids is 1. The molecule has 0 aliphatic heterocycles. The van der Waals surface area contributed by atoms with Crippen molar-refractivity contribution in [2.24, 2.45) is 7.05 Å². The van der Waals surface area contributed by atoms with Crippen LogP contribution in [0.1, 0.15) is 40.6 Å². The average Bonchev–Trinajstić information content (AvgIpc) is 3.17. The van der Waals surface area contributed by atoms with Crippen LogP contribution in [0.4, 0.5) is 19.0 Å². The van der Waals surface area contributed by atoms with Crippen LogP contribution in [0.15, 0.2) is 24.4 Å². The highest BCUT2D eigenvalue weighted by atomic mass is 19.4. The first-order valence-electron chi connectivity index (χ1n) is 7.60. The van der Waals surface area contributed by atoms with Crippen LogP contribution in [-0.2, 0) is 13.2 Å². The quantitative estimate of drug-likeness (QED) is 0.788. The molecule has 10 heteroatoms. The number of anilines is 1. The lowest BCUT2D eigenvalue weighted by Crippen LogP contribution is -2.16. The molecule has 1 aliphatic rings. The molecule has 25 heavy (non-hydrogen) atoms. The van der Waals surface area contributed by atoms with Crippen molar-refractivity contribution >= 4 is 17.4 Å². The molecule has 0 atom stereocenters. The lowest BCUT2D eigenvalue weighted by molar-refractivity contribution is -0.142. The van der Waals surface area contributed by atoms with Crippen molar-refractivity contribution < 1.29 is 18.0 Å². The molecule has 0 unspecified atom stereocenters. The molecule has 1 fully saturated rings. The van der Waals surface area contributed by atoms with E-state index in [0.717, 1.165) is 18.9 Å². The van der Waals surface area contributed by atoms with Crippen molar-refractivity contribution in [2.75, 3.05) is 5.32 Å². The summed E-state index contributed by atoms with van der Waals surface area (Å²) < 4.78 is 42.2. The Kier molecular flexibility index (Phi) is 3.31. The summed E-state index contributed by atoms with van der Waals surface area (Å²) in [6, 6.07) is 3.83. The Morgan fingerprint density at radius 2 is 2.04 bits per heavy atom. The largest absolute Gasteiger partial charge is 0.433 e. The predicted octanol–water partition coefficient (Wildman–Crippen LogP) is 2.61. The number of aryl methyl sites for hydroxylation is 1. The topological polar surface area (TPSA) is 77.1 Å². The molecule has 1 aliphatic carbocycles. The number of hydrogen-bond donors (Lipinski definition) is 1. The predicted molar refractivity (Wildman–Crippen MR) is 81.1 cm³/mol. The van der Waals surface area contributed by atoms with Gasteiger partial charge in [-0.05, 0) is 18.9 Å². The molecule has 3 heterocycles. The maximum atomic E-state index is 13.3. The molecule has 7 nitrogen and oxygen atoms in total. The summed E-state index contributed by atoms with van der Waals surface area (Å²) in [4.78, 5) is 16.5. The van der Waals surface area contributed by atoms with Crippen LogP contribution in [0.25, 0.3) is 5.65 Å². The van der Waals surface area contributed by atoms with Crippen LogP contribution in [0.2, 0.25) is 0 Å². The highest BCUT2D eigenvalue weighted by Gasteiger charge is 2.37. The molecule has 3 aromatic rings. The Labute approximate surface area is 139 Å². The van der Waals surface area contributed by atoms with E-state index in [4.69, 9.17) is 0 Å². The van der Waals surface area contributed by atoms with Gasteiger partial charge in [0.05, 0.1) is 0 Å². The van der Waals surface area contributed by atoms with E-state index in [9.17, 15) is 18.0 Å². The van der Waals surface area contributed by atoms with Gasteiger partial charge in [0.1, 0.15) is 5.69 Å². The number of amides is 1. The number of alkyl halides is 3. The van der Waals surface area contributed by atoms with Crippen LogP contribution in [0, 0.1) is 0 Å². The molecular formula is C15H13F3N6O. The molecule has 0 spiro atoms. The highest BCUT2D eigenvalue weighted by Crippen LogP contribution is 2.41. The molecule has 130 valence electrons. The van der Waals surface area contributed by atoms with E-state index in [1.165, 1.54) is 10.7 Å². The van der Waals surface area contributed by atoms with Gasteiger partial charge in [-0.1, -0.05) is 0 Å². The van der Waals surface area contributed by atoms with Gasteiger partial charge in [-0.15, -0.1) is 0 Å². The van der Waals surface area contributed by atoms with E-state index in [0.29, 0.717) is 10.2 Å². The molecule has 3 aromatic heterocycles. The van der Waals surface area contributed by atoms with Crippen LogP contribution < -0.4 is 5.32 Å². The van der Waals surface area contributed by atoms with E-state index in [1.54, 1.807) is 19.3 Å². The third-order valence-corrected chi connectivity index (χ3v) is 3.92. The summed E-state index contributed by atoms with van der Waals surface area (Å²) in [5.41, 5.74) is -0.702. The van der Waals surface area contributed by atoms with Gasteiger partial charge in [-0.2, -0.15) is 23.4 Å². The Morgan fingerprint density at radius 1 is 1.28 bits per heavy atom. The minimum atomic E-state index is -4.59. The van der Waals surface area contributed by atoms with Crippen LogP contribution in [0.5, 0.6) is 0 Å². The minimum Gasteiger partial charge on any atom is -0.304 e. The molecule has 0 aromatic carbocycles. The Balaban J connectivity index is 1.74. The van der Waals surface area contributed by atoms with Gasteiger partial charge >= 0.3 is 6.18 Å². The van der Waals surface area contributed by atoms with Gasteiger partial charge in [-0.3, -0.25) is 9.48 Å². The zero-order chi connectivity index (χ0) is 17.8. The molecule has 0 saturated heterocycles. The van der Waals surface area contributed by atoms with Gasteiger partial charge in [0.25, 0.3) is 5.91 Å². The third-order valence-electron chi connectivity index (χ3n) is 3.92. The lowest BCUT2D eigenvalue weighted by Gasteiger charge is -2.10. The zero-order valence-corrected chi connectivity index (χ0v) is 13.1. The molecule has 1 N–H and O–H groups in total. The van der Waals surface area contributed by atoms with Crippen molar-refractivity contribution in [3.05, 3.63) is 41.5 Å². The van der Waals surface area contributed by atoms with Gasteiger partial charge < -0.3 is 5.32 Å². The van der Waals surface area contributed by atoms with E-state index >= 15 is 0 Å². The van der Waals surface area contributed by atoms with E-state index < -0.39 is 17.8 Å². The Morgan fingerprint density at radius 3 is 2.64 bits per heavy atom. The molecule has 4 rings (SSSR count). The first-order valence-corrected chi connectivity index (χ1v) is 7.60. The van der Waals surface area contributed by atoms with Crippen LogP contribution >= 0.6 is 0 Å². The lowest BCUT2D eigenvalue weighted by atomic mass is 10.2. The number of aromatic nitrogens is 5. The molecule has 1 amide bonds. The first-order chi connectivity index (χ1) is 11.8. The number of nitrogens with one attached hydrogen (secondary N) is 1. The summed E-state index contributed by atoms with van der Waals surface area (Å²) in [7, 11) is 1.68. The smallest absolute Gasteiger partial charge is 0.304 e. The molecular weight excluding hydrogens is 337 g/mol. The fourth-order valence-corrected chi connectivity index (χ4v) is 2.56. The second-order valence-electron chi connectivity index (χ2n) is 5.97. The van der Waals surface area contributed by atoms with Gasteiger partial charge in [0.15, 0.2) is 17.2 Å². The number of hydrogen-bond acceptors (Lipinski definition) is 4. The average molecular weight is 350 g/mol. The summed E-state index contributed by atoms with van der Waals surface area (Å²) in [6.07, 6.45) is -1.32. The maximum Gasteiger partial charge on any atom is 0.433 e. The van der Waals surface area contributed by atoms with Crippen molar-refractivity contribution in [1.82, 2.24) is 24.4 Å². The Hall–Kier alpha value is -2.91. The summed E-state index contributed by atoms with van der Waals surface area (Å²) in [6.45, 7) is 0. The fraction of sp³-hybridized carbons (Fsp3) is 0.333. The van der Waals surface area contributed by atoms with Gasteiger partial charge in [-0.25, -0.2) is 9.50 Å². The Bertz CT molecular complexity index is 969. The van der Waals surface area contributed by atoms with E-state index in [2.05, 4.69) is 20.5 Å². The maximum absolute atomic E-state index is 13.3. The van der Waals surface area contributed by atoms with Crippen molar-refractivity contribution in [3.63, 3.8) is 0 Å². The third kappa shape index (κ3) is 2.94. The van der Waals surface area contributed by atoms with Crippen LogP contribution in [-0.4, -0.2) is 30.3 Å². The summed E-state index contributed by atoms with van der Waals surface area (Å²) >= 11 is 0. The standard InChI is InChI=1S/C15H13F3N6O/c1-23-5-4-12(22-23)20-14(25)10-7-13-19-9(8-2-3-8)6-11(15(16,17)18)24(13)21-10/h4-8H,2-3H2,1H3,(H,20,22,25). The number of halogens is 3. The summed E-state index contributed by atoms with van der Waals surface area (Å²) in [5.74, 6) is -0.315. The van der Waals surface area contributed by atoms with Crippen molar-refractivity contribution in [3.8, 4) is 0 Å². The van der Waals surface area contributed by atoms with Crippen molar-refractivity contribution in [2.45, 2.75) is 24.9 Å². The monoisotopic (exact) mass is 350 g/mol. The molecule has 1 saturated carbocycles. The normalized spacial score (nSPS) is 14.9. The number of fused-ring (bicyclic) bond motifs is 1. The van der Waals surface area contributed by atoms with Gasteiger partial charge in [0, 0.05) is 37.0 Å².